The van der Waals surface area contributed by atoms with Gasteiger partial charge in [0.2, 0.25) is 5.88 Å². The van der Waals surface area contributed by atoms with Crippen molar-refractivity contribution >= 4 is 21.6 Å². The van der Waals surface area contributed by atoms with Crippen LogP contribution in [0.15, 0.2) is 6.07 Å². The summed E-state index contributed by atoms with van der Waals surface area (Å²) >= 11 is 3.08. The molecule has 0 atom stereocenters. The molecule has 0 fully saturated rings. The molecular weight excluding hydrogens is 277 g/mol. The molecule has 0 saturated heterocycles. The first-order valence-corrected chi connectivity index (χ1v) is 5.03. The van der Waals surface area contributed by atoms with E-state index >= 15 is 0 Å². The van der Waals surface area contributed by atoms with E-state index in [1.807, 2.05) is 0 Å². The number of anilines is 1. The number of aryl methyl sites for hydroxylation is 1. The van der Waals surface area contributed by atoms with Crippen LogP contribution in [-0.2, 0) is 5.33 Å². The second-order valence-corrected chi connectivity index (χ2v) is 3.38. The number of nitrogens with zero attached hydrogens (tertiary/aromatic N) is 1. The number of pyridine rings is 1. The Bertz CT molecular complexity index is 368. The fourth-order valence-corrected chi connectivity index (χ4v) is 1.42. The van der Waals surface area contributed by atoms with Crippen molar-refractivity contribution in [2.75, 3.05) is 5.73 Å². The van der Waals surface area contributed by atoms with Crippen molar-refractivity contribution in [1.82, 2.24) is 4.98 Å². The number of nitrogen functional groups attached to an aromatic ring is 1. The smallest absolute Gasteiger partial charge is 0.397 e. The average Bonchev–Trinajstić information content (AvgIpc) is 2.08. The molecule has 0 bridgehead atoms. The van der Waals surface area contributed by atoms with Gasteiger partial charge < -0.3 is 10.5 Å². The lowest BCUT2D eigenvalue weighted by atomic mass is 10.2. The maximum Gasteiger partial charge on any atom is 0.574 e. The van der Waals surface area contributed by atoms with E-state index in [-0.39, 0.29) is 5.33 Å². The first-order valence-electron chi connectivity index (χ1n) is 3.91. The monoisotopic (exact) mass is 284 g/mol. The SMILES string of the molecule is Cc1cc(OC(F)(F)F)nc(CBr)c1N. The van der Waals surface area contributed by atoms with Crippen LogP contribution in [-0.4, -0.2) is 11.3 Å². The van der Waals surface area contributed by atoms with Crippen molar-refractivity contribution in [2.24, 2.45) is 0 Å². The Morgan fingerprint density at radius 2 is 2.13 bits per heavy atom. The van der Waals surface area contributed by atoms with E-state index in [2.05, 4.69) is 25.7 Å². The molecule has 3 nitrogen and oxygen atoms in total. The van der Waals surface area contributed by atoms with E-state index in [0.717, 1.165) is 6.07 Å². The summed E-state index contributed by atoms with van der Waals surface area (Å²) in [7, 11) is 0. The molecule has 2 N–H and O–H groups in total. The van der Waals surface area contributed by atoms with Crippen LogP contribution in [0.5, 0.6) is 5.88 Å². The quantitative estimate of drug-likeness (QED) is 0.850. The van der Waals surface area contributed by atoms with Crippen LogP contribution in [0.1, 0.15) is 11.3 Å². The van der Waals surface area contributed by atoms with Gasteiger partial charge in [-0.25, -0.2) is 4.98 Å². The van der Waals surface area contributed by atoms with Crippen molar-refractivity contribution in [3.63, 3.8) is 0 Å². The van der Waals surface area contributed by atoms with Crippen LogP contribution in [0.3, 0.4) is 0 Å². The van der Waals surface area contributed by atoms with E-state index in [9.17, 15) is 13.2 Å². The molecule has 1 aromatic rings. The summed E-state index contributed by atoms with van der Waals surface area (Å²) in [6, 6.07) is 1.15. The molecule has 1 heterocycles. The Labute approximate surface area is 92.6 Å². The van der Waals surface area contributed by atoms with Gasteiger partial charge in [0.05, 0.1) is 11.4 Å². The van der Waals surface area contributed by atoms with E-state index in [1.54, 1.807) is 6.92 Å². The summed E-state index contributed by atoms with van der Waals surface area (Å²) in [6.45, 7) is 1.59. The van der Waals surface area contributed by atoms with Gasteiger partial charge in [-0.2, -0.15) is 0 Å². The van der Waals surface area contributed by atoms with Crippen LogP contribution in [0.25, 0.3) is 0 Å². The molecule has 0 aromatic carbocycles. The third-order valence-corrected chi connectivity index (χ3v) is 2.20. The molecule has 0 aliphatic carbocycles. The molecule has 1 aromatic heterocycles. The molecule has 0 radical (unpaired) electrons. The zero-order valence-electron chi connectivity index (χ0n) is 7.73. The second-order valence-electron chi connectivity index (χ2n) is 2.82. The minimum absolute atomic E-state index is 0.273. The molecule has 84 valence electrons. The van der Waals surface area contributed by atoms with Gasteiger partial charge in [0, 0.05) is 11.4 Å². The molecule has 0 amide bonds. The van der Waals surface area contributed by atoms with Crippen molar-refractivity contribution in [1.29, 1.82) is 0 Å². The van der Waals surface area contributed by atoms with E-state index < -0.39 is 12.2 Å². The highest BCUT2D eigenvalue weighted by Gasteiger charge is 2.32. The molecule has 0 unspecified atom stereocenters. The Morgan fingerprint density at radius 3 is 2.60 bits per heavy atom. The highest BCUT2D eigenvalue weighted by atomic mass is 79.9. The summed E-state index contributed by atoms with van der Waals surface area (Å²) in [5, 5.41) is 0.273. The molecule has 0 spiro atoms. The van der Waals surface area contributed by atoms with Crippen molar-refractivity contribution in [3.8, 4) is 5.88 Å². The largest absolute Gasteiger partial charge is 0.574 e. The topological polar surface area (TPSA) is 48.1 Å². The zero-order chi connectivity index (χ0) is 11.6. The number of alkyl halides is 4. The average molecular weight is 285 g/mol. The van der Waals surface area contributed by atoms with E-state index in [4.69, 9.17) is 5.73 Å². The normalized spacial score (nSPS) is 11.5. The van der Waals surface area contributed by atoms with Gasteiger partial charge in [-0.05, 0) is 12.5 Å². The Morgan fingerprint density at radius 1 is 1.53 bits per heavy atom. The Hall–Kier alpha value is -0.980. The predicted octanol–water partition coefficient (Wildman–Crippen LogP) is 2.77. The first kappa shape index (κ1) is 12.1. The Balaban J connectivity index is 3.06. The fraction of sp³-hybridized carbons (Fsp3) is 0.375. The van der Waals surface area contributed by atoms with Crippen LogP contribution >= 0.6 is 15.9 Å². The molecule has 15 heavy (non-hydrogen) atoms. The maximum absolute atomic E-state index is 11.9. The van der Waals surface area contributed by atoms with Gasteiger partial charge in [-0.1, -0.05) is 15.9 Å². The molecule has 0 saturated carbocycles. The summed E-state index contributed by atoms with van der Waals surface area (Å²) in [5.41, 5.74) is 6.79. The predicted molar refractivity (Wildman–Crippen MR) is 52.7 cm³/mol. The number of ether oxygens (including phenoxy) is 1. The van der Waals surface area contributed by atoms with Crippen molar-refractivity contribution in [3.05, 3.63) is 17.3 Å². The number of hydrogen-bond acceptors (Lipinski definition) is 3. The highest BCUT2D eigenvalue weighted by molar-refractivity contribution is 9.08. The molecule has 1 rings (SSSR count). The maximum atomic E-state index is 11.9. The second kappa shape index (κ2) is 4.26. The number of nitrogens with two attached hydrogens (primary N) is 1. The molecule has 7 heteroatoms. The summed E-state index contributed by atoms with van der Waals surface area (Å²) in [4.78, 5) is 3.62. The minimum Gasteiger partial charge on any atom is -0.397 e. The van der Waals surface area contributed by atoms with Gasteiger partial charge in [0.25, 0.3) is 0 Å². The number of hydrogen-bond donors (Lipinski definition) is 1. The van der Waals surface area contributed by atoms with Gasteiger partial charge in [-0.15, -0.1) is 13.2 Å². The Kier molecular flexibility index (Phi) is 3.43. The van der Waals surface area contributed by atoms with Crippen LogP contribution in [0.4, 0.5) is 18.9 Å². The summed E-state index contributed by atoms with van der Waals surface area (Å²) in [5.74, 6) is -0.497. The molecular formula is C8H8BrF3N2O. The third kappa shape index (κ3) is 3.26. The lowest BCUT2D eigenvalue weighted by molar-refractivity contribution is -0.276. The summed E-state index contributed by atoms with van der Waals surface area (Å²) in [6.07, 6.45) is -4.74. The van der Waals surface area contributed by atoms with Crippen LogP contribution in [0.2, 0.25) is 0 Å². The van der Waals surface area contributed by atoms with Crippen molar-refractivity contribution < 1.29 is 17.9 Å². The van der Waals surface area contributed by atoms with Crippen LogP contribution < -0.4 is 10.5 Å². The molecule has 0 aliphatic heterocycles. The minimum atomic E-state index is -4.74. The first-order chi connectivity index (χ1) is 6.83. The zero-order valence-corrected chi connectivity index (χ0v) is 9.32. The van der Waals surface area contributed by atoms with E-state index in [0.29, 0.717) is 16.9 Å². The van der Waals surface area contributed by atoms with Gasteiger partial charge in [0.15, 0.2) is 0 Å². The lowest BCUT2D eigenvalue weighted by Gasteiger charge is -2.11. The number of halogens is 4. The summed E-state index contributed by atoms with van der Waals surface area (Å²) < 4.78 is 39.4. The van der Waals surface area contributed by atoms with Gasteiger partial charge in [0.1, 0.15) is 0 Å². The molecule has 0 aliphatic rings. The van der Waals surface area contributed by atoms with Gasteiger partial charge in [-0.3, -0.25) is 0 Å². The third-order valence-electron chi connectivity index (χ3n) is 1.67. The van der Waals surface area contributed by atoms with Crippen molar-refractivity contribution in [2.45, 2.75) is 18.6 Å². The number of aromatic nitrogens is 1. The van der Waals surface area contributed by atoms with Crippen LogP contribution in [0, 0.1) is 6.92 Å². The lowest BCUT2D eigenvalue weighted by Crippen LogP contribution is -2.18. The number of rotatable bonds is 2. The standard InChI is InChI=1S/C8H8BrF3N2O/c1-4-2-6(15-8(10,11)12)14-5(3-9)7(4)13/h2H,3,13H2,1H3. The van der Waals surface area contributed by atoms with Gasteiger partial charge >= 0.3 is 6.36 Å². The van der Waals surface area contributed by atoms with E-state index in [1.165, 1.54) is 0 Å². The highest BCUT2D eigenvalue weighted by Crippen LogP contribution is 2.26. The fourth-order valence-electron chi connectivity index (χ4n) is 0.989.